The quantitative estimate of drug-likeness (QED) is 0.473. The Kier molecular flexibility index (Phi) is 4.05. The highest BCUT2D eigenvalue weighted by molar-refractivity contribution is 7.91. The van der Waals surface area contributed by atoms with Crippen LogP contribution in [-0.4, -0.2) is 44.3 Å². The maximum absolute atomic E-state index is 11.3. The predicted molar refractivity (Wildman–Crippen MR) is 58.4 cm³/mol. The Morgan fingerprint density at radius 3 is 2.56 bits per heavy atom. The van der Waals surface area contributed by atoms with Crippen molar-refractivity contribution in [1.29, 1.82) is 0 Å². The lowest BCUT2D eigenvalue weighted by atomic mass is 10.2. The molecule has 1 rings (SSSR count). The van der Waals surface area contributed by atoms with Crippen LogP contribution in [0.15, 0.2) is 12.7 Å². The first-order chi connectivity index (χ1) is 7.44. The Labute approximate surface area is 94.0 Å². The van der Waals surface area contributed by atoms with Gasteiger partial charge in [0.1, 0.15) is 0 Å². The van der Waals surface area contributed by atoms with Gasteiger partial charge in [-0.25, -0.2) is 8.42 Å². The van der Waals surface area contributed by atoms with Gasteiger partial charge in [-0.15, -0.1) is 6.58 Å². The van der Waals surface area contributed by atoms with Gasteiger partial charge in [-0.3, -0.25) is 9.59 Å². The minimum atomic E-state index is -3.05. The lowest BCUT2D eigenvalue weighted by Crippen LogP contribution is -2.45. The number of hydrogen-bond acceptors (Lipinski definition) is 4. The number of amides is 2. The Balaban J connectivity index is 2.41. The van der Waals surface area contributed by atoms with E-state index >= 15 is 0 Å². The molecule has 7 heteroatoms. The van der Waals surface area contributed by atoms with Gasteiger partial charge < -0.3 is 10.6 Å². The molecule has 0 saturated carbocycles. The second kappa shape index (κ2) is 5.11. The molecule has 90 valence electrons. The van der Waals surface area contributed by atoms with Gasteiger partial charge in [0.2, 0.25) is 0 Å². The summed E-state index contributed by atoms with van der Waals surface area (Å²) in [5.74, 6) is -1.60. The molecule has 0 aromatic rings. The smallest absolute Gasteiger partial charge is 0.309 e. The molecule has 0 aromatic heterocycles. The van der Waals surface area contributed by atoms with E-state index in [2.05, 4.69) is 17.2 Å². The summed E-state index contributed by atoms with van der Waals surface area (Å²) in [5, 5.41) is 4.69. The van der Waals surface area contributed by atoms with Crippen molar-refractivity contribution < 1.29 is 18.0 Å². The number of hydrogen-bond donors (Lipinski definition) is 2. The lowest BCUT2D eigenvalue weighted by Gasteiger charge is -2.09. The third kappa shape index (κ3) is 3.65. The molecule has 1 unspecified atom stereocenters. The first kappa shape index (κ1) is 12.7. The van der Waals surface area contributed by atoms with Crippen LogP contribution < -0.4 is 10.6 Å². The molecule has 1 saturated heterocycles. The molecule has 0 aliphatic carbocycles. The van der Waals surface area contributed by atoms with Gasteiger partial charge in [0.15, 0.2) is 9.84 Å². The van der Waals surface area contributed by atoms with Gasteiger partial charge in [-0.1, -0.05) is 6.08 Å². The molecule has 1 aliphatic heterocycles. The zero-order valence-corrected chi connectivity index (χ0v) is 9.55. The summed E-state index contributed by atoms with van der Waals surface area (Å²) in [6, 6.07) is -0.452. The topological polar surface area (TPSA) is 92.3 Å². The summed E-state index contributed by atoms with van der Waals surface area (Å²) >= 11 is 0. The molecule has 6 nitrogen and oxygen atoms in total. The fraction of sp³-hybridized carbons (Fsp3) is 0.556. The van der Waals surface area contributed by atoms with Gasteiger partial charge >= 0.3 is 11.8 Å². The largest absolute Gasteiger partial charge is 0.344 e. The van der Waals surface area contributed by atoms with Crippen LogP contribution in [0.3, 0.4) is 0 Å². The Morgan fingerprint density at radius 2 is 2.06 bits per heavy atom. The minimum absolute atomic E-state index is 0.0617. The molecule has 2 N–H and O–H groups in total. The van der Waals surface area contributed by atoms with Crippen LogP contribution in [0, 0.1) is 0 Å². The van der Waals surface area contributed by atoms with Crippen LogP contribution in [0.25, 0.3) is 0 Å². The van der Waals surface area contributed by atoms with Crippen LogP contribution in [0.2, 0.25) is 0 Å². The van der Waals surface area contributed by atoms with Crippen molar-refractivity contribution in [3.05, 3.63) is 12.7 Å². The SMILES string of the molecule is C=CCNC(=O)C(=O)NC1CCS(=O)(=O)C1. The van der Waals surface area contributed by atoms with E-state index in [1.54, 1.807) is 0 Å². The van der Waals surface area contributed by atoms with E-state index in [1.165, 1.54) is 6.08 Å². The number of carbonyl (C=O) groups is 2. The fourth-order valence-electron chi connectivity index (χ4n) is 1.40. The number of rotatable bonds is 3. The summed E-state index contributed by atoms with van der Waals surface area (Å²) in [4.78, 5) is 22.4. The molecular weight excluding hydrogens is 232 g/mol. The van der Waals surface area contributed by atoms with E-state index in [9.17, 15) is 18.0 Å². The predicted octanol–water partition coefficient (Wildman–Crippen LogP) is -1.41. The average molecular weight is 246 g/mol. The molecule has 1 aliphatic rings. The molecule has 0 bridgehead atoms. The molecule has 1 atom stereocenters. The monoisotopic (exact) mass is 246 g/mol. The van der Waals surface area contributed by atoms with Crippen LogP contribution >= 0.6 is 0 Å². The highest BCUT2D eigenvalue weighted by Gasteiger charge is 2.30. The van der Waals surface area contributed by atoms with Gasteiger partial charge in [0, 0.05) is 12.6 Å². The summed E-state index contributed by atoms with van der Waals surface area (Å²) in [6.45, 7) is 3.59. The highest BCUT2D eigenvalue weighted by Crippen LogP contribution is 2.10. The minimum Gasteiger partial charge on any atom is -0.344 e. The average Bonchev–Trinajstić information content (AvgIpc) is 2.54. The normalized spacial score (nSPS) is 22.4. The first-order valence-electron chi connectivity index (χ1n) is 4.84. The van der Waals surface area contributed by atoms with Crippen molar-refractivity contribution in [1.82, 2.24) is 10.6 Å². The summed E-state index contributed by atoms with van der Waals surface area (Å²) in [6.07, 6.45) is 1.81. The zero-order chi connectivity index (χ0) is 12.2. The van der Waals surface area contributed by atoms with Crippen molar-refractivity contribution in [3.63, 3.8) is 0 Å². The van der Waals surface area contributed by atoms with Gasteiger partial charge in [0.25, 0.3) is 0 Å². The van der Waals surface area contributed by atoms with Crippen LogP contribution in [0.5, 0.6) is 0 Å². The Hall–Kier alpha value is -1.37. The molecule has 0 radical (unpaired) electrons. The van der Waals surface area contributed by atoms with Crippen LogP contribution in [-0.2, 0) is 19.4 Å². The Bertz CT molecular complexity index is 402. The van der Waals surface area contributed by atoms with E-state index in [0.717, 1.165) is 0 Å². The van der Waals surface area contributed by atoms with E-state index in [0.29, 0.717) is 6.42 Å². The zero-order valence-electron chi connectivity index (χ0n) is 8.73. The van der Waals surface area contributed by atoms with Crippen molar-refractivity contribution in [3.8, 4) is 0 Å². The molecule has 1 fully saturated rings. The standard InChI is InChI=1S/C9H14N2O4S/c1-2-4-10-8(12)9(13)11-7-3-5-16(14,15)6-7/h2,7H,1,3-6H2,(H,10,12)(H,11,13). The van der Waals surface area contributed by atoms with E-state index in [-0.39, 0.29) is 18.1 Å². The fourth-order valence-corrected chi connectivity index (χ4v) is 3.08. The first-order valence-corrected chi connectivity index (χ1v) is 6.67. The number of carbonyl (C=O) groups excluding carboxylic acids is 2. The molecular formula is C9H14N2O4S. The molecule has 16 heavy (non-hydrogen) atoms. The summed E-state index contributed by atoms with van der Waals surface area (Å²) in [5.41, 5.74) is 0. The van der Waals surface area contributed by atoms with Crippen LogP contribution in [0.4, 0.5) is 0 Å². The van der Waals surface area contributed by atoms with Crippen molar-refractivity contribution in [2.75, 3.05) is 18.1 Å². The van der Waals surface area contributed by atoms with Gasteiger partial charge in [-0.2, -0.15) is 0 Å². The van der Waals surface area contributed by atoms with E-state index < -0.39 is 27.7 Å². The maximum Gasteiger partial charge on any atom is 0.309 e. The van der Waals surface area contributed by atoms with Crippen molar-refractivity contribution in [2.24, 2.45) is 0 Å². The number of nitrogens with one attached hydrogen (secondary N) is 2. The molecule has 2 amide bonds. The molecule has 1 heterocycles. The number of sulfone groups is 1. The van der Waals surface area contributed by atoms with Crippen LogP contribution in [0.1, 0.15) is 6.42 Å². The van der Waals surface area contributed by atoms with Crippen molar-refractivity contribution in [2.45, 2.75) is 12.5 Å². The van der Waals surface area contributed by atoms with E-state index in [4.69, 9.17) is 0 Å². The summed E-state index contributed by atoms with van der Waals surface area (Å²) in [7, 11) is -3.05. The highest BCUT2D eigenvalue weighted by atomic mass is 32.2. The van der Waals surface area contributed by atoms with Crippen molar-refractivity contribution >= 4 is 21.7 Å². The molecule has 0 spiro atoms. The Morgan fingerprint density at radius 1 is 1.38 bits per heavy atom. The third-order valence-corrected chi connectivity index (χ3v) is 3.95. The summed E-state index contributed by atoms with van der Waals surface area (Å²) < 4.78 is 22.2. The maximum atomic E-state index is 11.3. The van der Waals surface area contributed by atoms with Gasteiger partial charge in [-0.05, 0) is 6.42 Å². The van der Waals surface area contributed by atoms with E-state index in [1.807, 2.05) is 0 Å². The molecule has 0 aromatic carbocycles. The third-order valence-electron chi connectivity index (χ3n) is 2.18. The second-order valence-corrected chi connectivity index (χ2v) is 5.80. The lowest BCUT2D eigenvalue weighted by molar-refractivity contribution is -0.139. The second-order valence-electron chi connectivity index (χ2n) is 3.57. The van der Waals surface area contributed by atoms with Gasteiger partial charge in [0.05, 0.1) is 11.5 Å².